The number of thioether (sulfide) groups is 1. The number of rotatable bonds is 5. The molecule has 1 aromatic carbocycles. The molecule has 0 amide bonds. The number of para-hydroxylation sites is 1. The fourth-order valence-corrected chi connectivity index (χ4v) is 4.35. The Morgan fingerprint density at radius 3 is 2.77 bits per heavy atom. The highest BCUT2D eigenvalue weighted by atomic mass is 35.5. The molecule has 0 atom stereocenters. The number of halogens is 1. The van der Waals surface area contributed by atoms with Crippen LogP contribution in [0.15, 0.2) is 42.6 Å². The van der Waals surface area contributed by atoms with E-state index in [1.807, 2.05) is 47.5 Å². The third kappa shape index (κ3) is 4.31. The van der Waals surface area contributed by atoms with E-state index in [0.29, 0.717) is 11.7 Å². The van der Waals surface area contributed by atoms with Gasteiger partial charge in [0.1, 0.15) is 5.82 Å². The van der Waals surface area contributed by atoms with Gasteiger partial charge in [-0.15, -0.1) is 15.0 Å². The molecule has 11 heteroatoms. The van der Waals surface area contributed by atoms with Gasteiger partial charge >= 0.3 is 0 Å². The van der Waals surface area contributed by atoms with Gasteiger partial charge in [-0.1, -0.05) is 30.0 Å². The van der Waals surface area contributed by atoms with Crippen LogP contribution < -0.4 is 4.90 Å². The van der Waals surface area contributed by atoms with E-state index < -0.39 is 0 Å². The van der Waals surface area contributed by atoms with E-state index in [0.717, 1.165) is 55.0 Å². The van der Waals surface area contributed by atoms with E-state index in [-0.39, 0.29) is 5.28 Å². The Balaban J connectivity index is 1.34. The Hall–Kier alpha value is -2.53. The number of anilines is 1. The van der Waals surface area contributed by atoms with E-state index in [9.17, 15) is 0 Å². The quantitative estimate of drug-likeness (QED) is 0.553. The molecule has 0 N–H and O–H groups in total. The number of aromatic nitrogens is 6. The van der Waals surface area contributed by atoms with Gasteiger partial charge in [-0.2, -0.15) is 0 Å². The molecule has 0 radical (unpaired) electrons. The summed E-state index contributed by atoms with van der Waals surface area (Å²) in [7, 11) is 0. The summed E-state index contributed by atoms with van der Waals surface area (Å²) in [5.41, 5.74) is 1.76. The minimum atomic E-state index is 0.246. The largest absolute Gasteiger partial charge is 0.379 e. The molecule has 0 aliphatic carbocycles. The molecule has 0 unspecified atom stereocenters. The first-order valence-corrected chi connectivity index (χ1v) is 10.9. The minimum Gasteiger partial charge on any atom is -0.379 e. The second kappa shape index (κ2) is 8.68. The smallest absolute Gasteiger partial charge is 0.224 e. The lowest BCUT2D eigenvalue weighted by Gasteiger charge is -2.26. The fraction of sp³-hybridized carbons (Fsp3) is 0.316. The molecule has 4 heterocycles. The molecule has 2 aliphatic rings. The van der Waals surface area contributed by atoms with E-state index in [1.165, 1.54) is 4.80 Å². The fourth-order valence-electron chi connectivity index (χ4n) is 3.26. The summed E-state index contributed by atoms with van der Waals surface area (Å²) in [5.74, 6) is 2.04. The summed E-state index contributed by atoms with van der Waals surface area (Å²) in [6, 6.07) is 11.7. The van der Waals surface area contributed by atoms with Gasteiger partial charge < -0.3 is 9.64 Å². The number of hydrogen-bond acceptors (Lipinski definition) is 9. The Morgan fingerprint density at radius 2 is 1.93 bits per heavy atom. The molecule has 5 rings (SSSR count). The lowest BCUT2D eigenvalue weighted by molar-refractivity contribution is 0.0336. The van der Waals surface area contributed by atoms with Crippen LogP contribution in [0, 0.1) is 0 Å². The molecular weight excluding hydrogens is 424 g/mol. The first-order chi connectivity index (χ1) is 14.7. The molecule has 1 fully saturated rings. The van der Waals surface area contributed by atoms with Crippen molar-refractivity contribution in [3.05, 3.63) is 59.4 Å². The van der Waals surface area contributed by atoms with Crippen LogP contribution in [0.25, 0.3) is 10.6 Å². The van der Waals surface area contributed by atoms with Crippen LogP contribution in [-0.2, 0) is 11.3 Å². The summed E-state index contributed by atoms with van der Waals surface area (Å²) in [4.78, 5) is 15.6. The molecule has 9 nitrogen and oxygen atoms in total. The van der Waals surface area contributed by atoms with Crippen molar-refractivity contribution in [3.8, 4) is 5.69 Å². The molecule has 0 spiro atoms. The molecule has 154 valence electrons. The summed E-state index contributed by atoms with van der Waals surface area (Å²) in [6.45, 7) is 4.00. The molecule has 2 aliphatic heterocycles. The highest BCUT2D eigenvalue weighted by molar-refractivity contribution is 8.08. The first-order valence-electron chi connectivity index (χ1n) is 9.55. The number of tetrazole rings is 1. The lowest BCUT2D eigenvalue weighted by atomic mass is 10.3. The Kier molecular flexibility index (Phi) is 5.63. The minimum absolute atomic E-state index is 0.246. The third-order valence-corrected chi connectivity index (χ3v) is 5.95. The molecule has 0 saturated carbocycles. The average Bonchev–Trinajstić information content (AvgIpc) is 3.45. The normalized spacial score (nSPS) is 17.4. The van der Waals surface area contributed by atoms with Crippen molar-refractivity contribution in [1.29, 1.82) is 0 Å². The van der Waals surface area contributed by atoms with Crippen LogP contribution in [0.5, 0.6) is 0 Å². The summed E-state index contributed by atoms with van der Waals surface area (Å²) in [6.07, 6.45) is 1.98. The highest BCUT2D eigenvalue weighted by Crippen LogP contribution is 2.34. The maximum absolute atomic E-state index is 6.21. The SMILES string of the molecule is Clc1nc(CN2CCOCC2)cc(N2C=C(c3nnn(-c4ccccc4)n3)SC2)n1. The Morgan fingerprint density at radius 1 is 1.10 bits per heavy atom. The molecule has 1 saturated heterocycles. The predicted molar refractivity (Wildman–Crippen MR) is 115 cm³/mol. The van der Waals surface area contributed by atoms with Crippen LogP contribution in [-0.4, -0.2) is 67.3 Å². The van der Waals surface area contributed by atoms with Crippen LogP contribution in [0.4, 0.5) is 5.82 Å². The lowest BCUT2D eigenvalue weighted by Crippen LogP contribution is -2.36. The average molecular weight is 443 g/mol. The van der Waals surface area contributed by atoms with Crippen molar-refractivity contribution in [1.82, 2.24) is 35.1 Å². The summed E-state index contributed by atoms with van der Waals surface area (Å²) < 4.78 is 5.41. The van der Waals surface area contributed by atoms with Crippen LogP contribution in [0.1, 0.15) is 11.5 Å². The van der Waals surface area contributed by atoms with Crippen molar-refractivity contribution in [2.45, 2.75) is 6.54 Å². The van der Waals surface area contributed by atoms with E-state index in [2.05, 4.69) is 30.3 Å². The van der Waals surface area contributed by atoms with Crippen LogP contribution in [0.2, 0.25) is 5.28 Å². The Labute approximate surface area is 182 Å². The van der Waals surface area contributed by atoms with Crippen molar-refractivity contribution in [3.63, 3.8) is 0 Å². The number of hydrogen-bond donors (Lipinski definition) is 0. The maximum atomic E-state index is 6.21. The van der Waals surface area contributed by atoms with Crippen LogP contribution in [0.3, 0.4) is 0 Å². The monoisotopic (exact) mass is 442 g/mol. The first kappa shape index (κ1) is 19.4. The molecule has 3 aromatic rings. The molecule has 0 bridgehead atoms. The molecule has 2 aromatic heterocycles. The van der Waals surface area contributed by atoms with Gasteiger partial charge in [-0.05, 0) is 28.9 Å². The van der Waals surface area contributed by atoms with E-state index in [4.69, 9.17) is 16.3 Å². The van der Waals surface area contributed by atoms with Gasteiger partial charge in [0.05, 0.1) is 35.4 Å². The van der Waals surface area contributed by atoms with Crippen molar-refractivity contribution < 1.29 is 4.74 Å². The molecular formula is C19H19ClN8OS. The zero-order chi connectivity index (χ0) is 20.3. The zero-order valence-electron chi connectivity index (χ0n) is 16.1. The topological polar surface area (TPSA) is 85.1 Å². The van der Waals surface area contributed by atoms with Gasteiger partial charge in [0.25, 0.3) is 0 Å². The van der Waals surface area contributed by atoms with Crippen molar-refractivity contribution >= 4 is 34.1 Å². The third-order valence-electron chi connectivity index (χ3n) is 4.78. The van der Waals surface area contributed by atoms with Gasteiger partial charge in [0, 0.05) is 31.9 Å². The van der Waals surface area contributed by atoms with Gasteiger partial charge in [-0.3, -0.25) is 4.90 Å². The Bertz CT molecular complexity index is 1050. The van der Waals surface area contributed by atoms with Crippen LogP contribution >= 0.6 is 23.4 Å². The zero-order valence-corrected chi connectivity index (χ0v) is 17.6. The second-order valence-corrected chi connectivity index (χ2v) is 8.17. The predicted octanol–water partition coefficient (Wildman–Crippen LogP) is 2.45. The summed E-state index contributed by atoms with van der Waals surface area (Å²) in [5, 5.41) is 13.1. The van der Waals surface area contributed by atoms with Gasteiger partial charge in [-0.25, -0.2) is 9.97 Å². The number of benzene rings is 1. The van der Waals surface area contributed by atoms with Gasteiger partial charge in [0.15, 0.2) is 0 Å². The standard InChI is InChI=1S/C19H19ClN8OS/c20-19-21-14(11-26-6-8-29-9-7-26)10-17(22-19)27-12-16(30-13-27)18-23-25-28(24-18)15-4-2-1-3-5-15/h1-5,10,12H,6-9,11,13H2. The highest BCUT2D eigenvalue weighted by Gasteiger charge is 2.22. The van der Waals surface area contributed by atoms with E-state index in [1.54, 1.807) is 11.8 Å². The number of ether oxygens (including phenoxy) is 1. The van der Waals surface area contributed by atoms with Gasteiger partial charge in [0.2, 0.25) is 11.1 Å². The molecule has 30 heavy (non-hydrogen) atoms. The second-order valence-electron chi connectivity index (χ2n) is 6.85. The van der Waals surface area contributed by atoms with Crippen molar-refractivity contribution in [2.75, 3.05) is 37.1 Å². The number of morpholine rings is 1. The number of nitrogens with zero attached hydrogens (tertiary/aromatic N) is 8. The maximum Gasteiger partial charge on any atom is 0.224 e. The summed E-state index contributed by atoms with van der Waals surface area (Å²) >= 11 is 7.85. The van der Waals surface area contributed by atoms with E-state index >= 15 is 0 Å². The van der Waals surface area contributed by atoms with Crippen molar-refractivity contribution in [2.24, 2.45) is 0 Å².